The second kappa shape index (κ2) is 2.36. The molecule has 0 amide bonds. The molecule has 9 heavy (non-hydrogen) atoms. The lowest BCUT2D eigenvalue weighted by molar-refractivity contribution is 0.515. The summed E-state index contributed by atoms with van der Waals surface area (Å²) in [4.78, 5) is 0. The lowest BCUT2D eigenvalue weighted by atomic mass is 9.46. The topological polar surface area (TPSA) is 0 Å². The van der Waals surface area contributed by atoms with E-state index >= 15 is 0 Å². The predicted octanol–water partition coefficient (Wildman–Crippen LogP) is 2.69. The maximum absolute atomic E-state index is 1.58. The van der Waals surface area contributed by atoms with Crippen LogP contribution in [-0.4, -0.2) is 6.71 Å². The first-order valence-corrected chi connectivity index (χ1v) is 4.45. The molecule has 0 radical (unpaired) electrons. The molecule has 0 nitrogen and oxygen atoms in total. The smallest absolute Gasteiger partial charge is 0.0741 e. The van der Waals surface area contributed by atoms with E-state index < -0.39 is 0 Å². The van der Waals surface area contributed by atoms with E-state index in [1.165, 1.54) is 12.8 Å². The summed E-state index contributed by atoms with van der Waals surface area (Å²) in [5, 5.41) is 0. The van der Waals surface area contributed by atoms with Gasteiger partial charge in [0.15, 0.2) is 0 Å². The normalized spacial score (nSPS) is 34.7. The molecule has 0 saturated carbocycles. The fourth-order valence-corrected chi connectivity index (χ4v) is 2.57. The molecule has 2 rings (SSSR count). The van der Waals surface area contributed by atoms with Gasteiger partial charge in [0, 0.05) is 0 Å². The van der Waals surface area contributed by atoms with Gasteiger partial charge in [-0.25, -0.2) is 0 Å². The molecule has 1 heteroatoms. The van der Waals surface area contributed by atoms with Crippen LogP contribution in [0.5, 0.6) is 0 Å². The lowest BCUT2D eigenvalue weighted by Gasteiger charge is -2.05. The van der Waals surface area contributed by atoms with Crippen molar-refractivity contribution in [3.05, 3.63) is 0 Å². The van der Waals surface area contributed by atoms with E-state index in [4.69, 9.17) is 0 Å². The van der Waals surface area contributed by atoms with Crippen LogP contribution in [0.15, 0.2) is 0 Å². The minimum atomic E-state index is 1.15. The van der Waals surface area contributed by atoms with Gasteiger partial charge in [0.1, 0.15) is 6.71 Å². The Balaban J connectivity index is 1.99. The molecule has 0 N–H and O–H groups in total. The number of hydrogen-bond donors (Lipinski definition) is 0. The van der Waals surface area contributed by atoms with Crippen molar-refractivity contribution in [1.29, 1.82) is 0 Å². The Labute approximate surface area is 58.1 Å². The molecule has 1 unspecified atom stereocenters. The Morgan fingerprint density at radius 3 is 3.00 bits per heavy atom. The van der Waals surface area contributed by atoms with Gasteiger partial charge in [0.05, 0.1) is 0 Å². The van der Waals surface area contributed by atoms with Gasteiger partial charge in [-0.1, -0.05) is 44.6 Å². The quantitative estimate of drug-likeness (QED) is 0.433. The first-order chi connectivity index (χ1) is 4.45. The summed E-state index contributed by atoms with van der Waals surface area (Å²) in [6, 6.07) is 0. The molecule has 0 aliphatic carbocycles. The molecule has 0 aromatic rings. The first-order valence-electron chi connectivity index (χ1n) is 4.45. The van der Waals surface area contributed by atoms with Gasteiger partial charge in [0.2, 0.25) is 0 Å². The molecule has 2 saturated heterocycles. The third-order valence-electron chi connectivity index (χ3n) is 3.12. The van der Waals surface area contributed by atoms with E-state index in [9.17, 15) is 0 Å². The molecule has 50 valence electrons. The minimum absolute atomic E-state index is 1.15. The van der Waals surface area contributed by atoms with E-state index in [1.807, 2.05) is 0 Å². The van der Waals surface area contributed by atoms with Crippen LogP contribution in [0.1, 0.15) is 25.7 Å². The van der Waals surface area contributed by atoms with E-state index in [2.05, 4.69) is 0 Å². The Kier molecular flexibility index (Phi) is 1.53. The highest BCUT2D eigenvalue weighted by Gasteiger charge is 2.28. The van der Waals surface area contributed by atoms with Gasteiger partial charge in [-0.05, 0) is 5.92 Å². The molecular weight excluding hydrogens is 107 g/mol. The highest BCUT2D eigenvalue weighted by molar-refractivity contribution is 6.59. The predicted molar refractivity (Wildman–Crippen MR) is 42.1 cm³/mol. The van der Waals surface area contributed by atoms with E-state index in [1.54, 1.807) is 31.8 Å². The summed E-state index contributed by atoms with van der Waals surface area (Å²) >= 11 is 0. The van der Waals surface area contributed by atoms with E-state index in [0.29, 0.717) is 0 Å². The van der Waals surface area contributed by atoms with Crippen molar-refractivity contribution in [2.45, 2.75) is 44.6 Å². The zero-order valence-corrected chi connectivity index (χ0v) is 6.10. The number of hydrogen-bond acceptors (Lipinski definition) is 0. The Morgan fingerprint density at radius 1 is 1.00 bits per heavy atom. The van der Waals surface area contributed by atoms with Crippen molar-refractivity contribution >= 4 is 6.71 Å². The van der Waals surface area contributed by atoms with Crippen molar-refractivity contribution in [3.63, 3.8) is 0 Å². The molecule has 0 aromatic carbocycles. The second-order valence-electron chi connectivity index (χ2n) is 3.83. The van der Waals surface area contributed by atoms with Crippen LogP contribution in [-0.2, 0) is 0 Å². The monoisotopic (exact) mass is 122 g/mol. The minimum Gasteiger partial charge on any atom is -0.0741 e. The van der Waals surface area contributed by atoms with Gasteiger partial charge in [0.25, 0.3) is 0 Å². The first kappa shape index (κ1) is 5.82. The SMILES string of the molecule is C1CCC2CCB(C1)C2. The summed E-state index contributed by atoms with van der Waals surface area (Å²) in [6.45, 7) is 1.15. The van der Waals surface area contributed by atoms with Crippen LogP contribution in [0.2, 0.25) is 19.0 Å². The second-order valence-corrected chi connectivity index (χ2v) is 3.83. The summed E-state index contributed by atoms with van der Waals surface area (Å²) in [5.74, 6) is 1.15. The van der Waals surface area contributed by atoms with Crippen molar-refractivity contribution < 1.29 is 0 Å². The van der Waals surface area contributed by atoms with Gasteiger partial charge >= 0.3 is 0 Å². The maximum Gasteiger partial charge on any atom is 0.140 e. The molecule has 2 fully saturated rings. The van der Waals surface area contributed by atoms with Crippen LogP contribution in [0.4, 0.5) is 0 Å². The highest BCUT2D eigenvalue weighted by atomic mass is 14.2. The Hall–Kier alpha value is 0.0649. The Morgan fingerprint density at radius 2 is 2.00 bits per heavy atom. The maximum atomic E-state index is 1.58. The van der Waals surface area contributed by atoms with Gasteiger partial charge in [-0.15, -0.1) is 0 Å². The third-order valence-corrected chi connectivity index (χ3v) is 3.12. The molecule has 2 heterocycles. The molecule has 0 spiro atoms. The summed E-state index contributed by atoms with van der Waals surface area (Å²) in [6.07, 6.45) is 10.9. The largest absolute Gasteiger partial charge is 0.140 e. The average molecular weight is 122 g/mol. The summed E-state index contributed by atoms with van der Waals surface area (Å²) in [7, 11) is 0. The summed E-state index contributed by atoms with van der Waals surface area (Å²) in [5.41, 5.74) is 0. The van der Waals surface area contributed by atoms with Crippen molar-refractivity contribution in [3.8, 4) is 0 Å². The van der Waals surface area contributed by atoms with Crippen molar-refractivity contribution in [2.75, 3.05) is 0 Å². The zero-order valence-electron chi connectivity index (χ0n) is 6.10. The van der Waals surface area contributed by atoms with Crippen LogP contribution in [0.25, 0.3) is 0 Å². The third kappa shape index (κ3) is 1.15. The van der Waals surface area contributed by atoms with Gasteiger partial charge < -0.3 is 0 Å². The van der Waals surface area contributed by atoms with Crippen LogP contribution in [0.3, 0.4) is 0 Å². The van der Waals surface area contributed by atoms with Crippen molar-refractivity contribution in [2.24, 2.45) is 5.92 Å². The van der Waals surface area contributed by atoms with E-state index in [-0.39, 0.29) is 0 Å². The van der Waals surface area contributed by atoms with Crippen molar-refractivity contribution in [1.82, 2.24) is 0 Å². The molecule has 0 aromatic heterocycles. The van der Waals surface area contributed by atoms with E-state index in [0.717, 1.165) is 12.6 Å². The van der Waals surface area contributed by atoms with Crippen LogP contribution < -0.4 is 0 Å². The standard InChI is InChI=1S/C8H15B/c1-2-5-9-6-4-8(3-1)7-9/h8H,1-7H2. The highest BCUT2D eigenvalue weighted by Crippen LogP contribution is 2.36. The number of rotatable bonds is 0. The average Bonchev–Trinajstić information content (AvgIpc) is 2.09. The zero-order chi connectivity index (χ0) is 6.10. The molecule has 2 aliphatic rings. The van der Waals surface area contributed by atoms with Gasteiger partial charge in [-0.2, -0.15) is 0 Å². The van der Waals surface area contributed by atoms with Crippen LogP contribution in [0, 0.1) is 5.92 Å². The number of fused-ring (bicyclic) bond motifs is 2. The van der Waals surface area contributed by atoms with Crippen LogP contribution >= 0.6 is 0 Å². The summed E-state index contributed by atoms with van der Waals surface area (Å²) < 4.78 is 0. The fraction of sp³-hybridized carbons (Fsp3) is 1.00. The lowest BCUT2D eigenvalue weighted by Crippen LogP contribution is -2.03. The molecule has 2 bridgehead atoms. The fourth-order valence-electron chi connectivity index (χ4n) is 2.57. The molecular formula is C8H15B. The van der Waals surface area contributed by atoms with Gasteiger partial charge in [-0.3, -0.25) is 0 Å². The molecule has 1 atom stereocenters. The Bertz CT molecular complexity index is 88.7. The molecule has 2 aliphatic heterocycles.